The van der Waals surface area contributed by atoms with Gasteiger partial charge in [-0.25, -0.2) is 4.79 Å². The van der Waals surface area contributed by atoms with E-state index in [1.807, 2.05) is 0 Å². The Labute approximate surface area is 61.0 Å². The maximum Gasteiger partial charge on any atom is 0.355 e. The van der Waals surface area contributed by atoms with Gasteiger partial charge in [0, 0.05) is 0 Å². The molecule has 0 bridgehead atoms. The van der Waals surface area contributed by atoms with Gasteiger partial charge in [0.2, 0.25) is 0 Å². The lowest BCUT2D eigenvalue weighted by Gasteiger charge is -1.94. The molecule has 0 aromatic heterocycles. The number of carbonyl (C=O) groups is 1. The van der Waals surface area contributed by atoms with E-state index in [9.17, 15) is 4.79 Å². The summed E-state index contributed by atoms with van der Waals surface area (Å²) in [7, 11) is 6.42. The van der Waals surface area contributed by atoms with Gasteiger partial charge >= 0.3 is 5.97 Å². The number of allylic oxidation sites excluding steroid dienone is 1. The highest BCUT2D eigenvalue weighted by atomic mass is 16.5. The van der Waals surface area contributed by atoms with E-state index in [4.69, 9.17) is 13.3 Å². The molecule has 0 amide bonds. The molecule has 0 rings (SSSR count). The molecular weight excluding hydrogens is 129 g/mol. The first kappa shape index (κ1) is 8.94. The third-order valence-corrected chi connectivity index (χ3v) is 0.777. The Hall–Kier alpha value is -1.06. The maximum atomic E-state index is 10.5. The summed E-state index contributed by atoms with van der Waals surface area (Å²) >= 11 is 0. The summed E-state index contributed by atoms with van der Waals surface area (Å²) in [5, 5.41) is 6.99. The van der Waals surface area contributed by atoms with Crippen molar-refractivity contribution in [2.75, 3.05) is 7.11 Å². The van der Waals surface area contributed by atoms with Crippen LogP contribution >= 0.6 is 0 Å². The Bertz CT molecular complexity index is 182. The van der Waals surface area contributed by atoms with Gasteiger partial charge in [-0.1, -0.05) is 6.92 Å². The van der Waals surface area contributed by atoms with E-state index >= 15 is 0 Å². The van der Waals surface area contributed by atoms with Crippen molar-refractivity contribution in [3.63, 3.8) is 0 Å². The Kier molecular flexibility index (Phi) is 3.47. The minimum Gasteiger partial charge on any atom is -0.464 e. The highest BCUT2D eigenvalue weighted by Gasteiger charge is 2.03. The Balaban J connectivity index is 4.11. The zero-order chi connectivity index (χ0) is 8.15. The highest BCUT2D eigenvalue weighted by Crippen LogP contribution is 1.87. The average molecular weight is 137 g/mol. The minimum atomic E-state index is -0.676. The van der Waals surface area contributed by atoms with Crippen LogP contribution in [0.3, 0.4) is 0 Å². The molecule has 0 heterocycles. The van der Waals surface area contributed by atoms with Crippen molar-refractivity contribution in [2.24, 2.45) is 0 Å². The van der Waals surface area contributed by atoms with Crippen LogP contribution in [0, 0.1) is 5.41 Å². The Morgan fingerprint density at radius 1 is 1.70 bits per heavy atom. The predicted molar refractivity (Wildman–Crippen MR) is 39.3 cm³/mol. The number of methoxy groups -OCH3 is 1. The van der Waals surface area contributed by atoms with Crippen LogP contribution in [-0.4, -0.2) is 26.6 Å². The molecule has 0 atom stereocenters. The molecule has 52 valence electrons. The van der Waals surface area contributed by atoms with E-state index in [1.54, 1.807) is 6.92 Å². The summed E-state index contributed by atoms with van der Waals surface area (Å²) in [6.45, 7) is 1.59. The molecule has 0 saturated heterocycles. The van der Waals surface area contributed by atoms with Crippen molar-refractivity contribution in [3.05, 3.63) is 11.5 Å². The second-order valence-electron chi connectivity index (χ2n) is 1.79. The summed E-state index contributed by atoms with van der Waals surface area (Å²) in [6, 6.07) is 0. The minimum absolute atomic E-state index is 0.234. The van der Waals surface area contributed by atoms with Gasteiger partial charge in [0.15, 0.2) is 0 Å². The van der Waals surface area contributed by atoms with Crippen LogP contribution in [0.1, 0.15) is 6.92 Å². The molecule has 0 aliphatic carbocycles. The van der Waals surface area contributed by atoms with Gasteiger partial charge in [-0.15, -0.1) is 5.47 Å². The third kappa shape index (κ3) is 3.07. The third-order valence-electron chi connectivity index (χ3n) is 0.777. The fourth-order valence-electron chi connectivity index (χ4n) is 0.397. The van der Waals surface area contributed by atoms with Gasteiger partial charge in [0.05, 0.1) is 7.11 Å². The van der Waals surface area contributed by atoms with Crippen LogP contribution < -0.4 is 0 Å². The van der Waals surface area contributed by atoms with E-state index in [2.05, 4.69) is 4.74 Å². The lowest BCUT2D eigenvalue weighted by molar-refractivity contribution is -0.132. The van der Waals surface area contributed by atoms with Gasteiger partial charge in [0.25, 0.3) is 0 Å². The van der Waals surface area contributed by atoms with E-state index in [-0.39, 0.29) is 5.71 Å². The Morgan fingerprint density at radius 3 is 2.50 bits per heavy atom. The summed E-state index contributed by atoms with van der Waals surface area (Å²) in [6.07, 6.45) is 1.24. The lowest BCUT2D eigenvalue weighted by Crippen LogP contribution is -2.12. The molecule has 2 radical (unpaired) electrons. The van der Waals surface area contributed by atoms with Gasteiger partial charge in [-0.05, 0) is 6.08 Å². The van der Waals surface area contributed by atoms with Crippen molar-refractivity contribution >= 4 is 19.5 Å². The quantitative estimate of drug-likeness (QED) is 0.337. The van der Waals surface area contributed by atoms with E-state index in [0.29, 0.717) is 5.47 Å². The smallest absolute Gasteiger partial charge is 0.355 e. The van der Waals surface area contributed by atoms with E-state index in [0.717, 1.165) is 0 Å². The molecule has 0 aliphatic heterocycles. The SMILES string of the molecule is [B]/C(C)=C/C(=N)C(=O)OC. The molecule has 0 spiro atoms. The molecule has 4 heteroatoms. The van der Waals surface area contributed by atoms with Crippen LogP contribution in [0.25, 0.3) is 0 Å². The number of ether oxygens (including phenoxy) is 1. The maximum absolute atomic E-state index is 10.5. The summed E-state index contributed by atoms with van der Waals surface area (Å²) in [4.78, 5) is 10.5. The number of nitrogens with one attached hydrogen (secondary N) is 1. The van der Waals surface area contributed by atoms with Gasteiger partial charge in [0.1, 0.15) is 13.6 Å². The Morgan fingerprint density at radius 2 is 2.20 bits per heavy atom. The summed E-state index contributed by atoms with van der Waals surface area (Å²) in [5.41, 5.74) is 0.179. The van der Waals surface area contributed by atoms with Crippen LogP contribution in [0.5, 0.6) is 0 Å². The normalized spacial score (nSPS) is 10.8. The molecule has 0 fully saturated rings. The van der Waals surface area contributed by atoms with Crippen molar-refractivity contribution in [1.29, 1.82) is 5.41 Å². The average Bonchev–Trinajstić information content (AvgIpc) is 1.85. The molecule has 10 heavy (non-hydrogen) atoms. The van der Waals surface area contributed by atoms with Crippen LogP contribution in [-0.2, 0) is 9.53 Å². The van der Waals surface area contributed by atoms with Crippen molar-refractivity contribution in [2.45, 2.75) is 6.92 Å². The van der Waals surface area contributed by atoms with Gasteiger partial charge in [-0.3, -0.25) is 5.41 Å². The van der Waals surface area contributed by atoms with Crippen LogP contribution in [0.4, 0.5) is 0 Å². The number of hydrogen-bond donors (Lipinski definition) is 1. The second kappa shape index (κ2) is 3.87. The molecular formula is C6H8BNO2. The van der Waals surface area contributed by atoms with Gasteiger partial charge in [-0.2, -0.15) is 0 Å². The molecule has 0 saturated carbocycles. The second-order valence-corrected chi connectivity index (χ2v) is 1.79. The van der Waals surface area contributed by atoms with Crippen LogP contribution in [0.15, 0.2) is 11.5 Å². The van der Waals surface area contributed by atoms with Crippen molar-refractivity contribution < 1.29 is 9.53 Å². The molecule has 1 N–H and O–H groups in total. The summed E-state index contributed by atoms with van der Waals surface area (Å²) in [5.74, 6) is -0.676. The fourth-order valence-corrected chi connectivity index (χ4v) is 0.397. The molecule has 0 aromatic rings. The number of rotatable bonds is 2. The van der Waals surface area contributed by atoms with Crippen molar-refractivity contribution in [1.82, 2.24) is 0 Å². The molecule has 3 nitrogen and oxygen atoms in total. The molecule has 0 unspecified atom stereocenters. The first-order valence-electron chi connectivity index (χ1n) is 2.68. The zero-order valence-corrected chi connectivity index (χ0v) is 5.97. The molecule has 0 aromatic carbocycles. The highest BCUT2D eigenvalue weighted by molar-refractivity contribution is 6.41. The first-order valence-corrected chi connectivity index (χ1v) is 2.68. The first-order chi connectivity index (χ1) is 4.57. The fraction of sp³-hybridized carbons (Fsp3) is 0.333. The zero-order valence-electron chi connectivity index (χ0n) is 5.97. The topological polar surface area (TPSA) is 50.2 Å². The monoisotopic (exact) mass is 137 g/mol. The number of esters is 1. The van der Waals surface area contributed by atoms with E-state index in [1.165, 1.54) is 13.2 Å². The van der Waals surface area contributed by atoms with Crippen LogP contribution in [0.2, 0.25) is 0 Å². The number of hydrogen-bond acceptors (Lipinski definition) is 3. The lowest BCUT2D eigenvalue weighted by atomic mass is 9.96. The largest absolute Gasteiger partial charge is 0.464 e. The van der Waals surface area contributed by atoms with Gasteiger partial charge < -0.3 is 4.74 Å². The molecule has 0 aliphatic rings. The number of carbonyl (C=O) groups excluding carboxylic acids is 1. The standard InChI is InChI=1S/C6H8BNO2/c1-4(7)3-5(8)6(9)10-2/h3,8H,1-2H3/b4-3+,8-5?. The van der Waals surface area contributed by atoms with Crippen molar-refractivity contribution in [3.8, 4) is 0 Å². The summed E-state index contributed by atoms with van der Waals surface area (Å²) < 4.78 is 4.25. The van der Waals surface area contributed by atoms with E-state index < -0.39 is 5.97 Å². The predicted octanol–water partition coefficient (Wildman–Crippen LogP) is 0.251.